The maximum Gasteiger partial charge on any atom is 0.277 e. The monoisotopic (exact) mass is 239 g/mol. The van der Waals surface area contributed by atoms with Crippen LogP contribution in [0.1, 0.15) is 6.42 Å². The molecule has 2 rings (SSSR count). The molecule has 1 fully saturated rings. The van der Waals surface area contributed by atoms with Gasteiger partial charge in [0.25, 0.3) is 20.2 Å². The minimum absolute atomic E-state index is 0.0272. The number of hydrogen-bond donors (Lipinski definition) is 2. The Morgan fingerprint density at radius 1 is 1.29 bits per heavy atom. The van der Waals surface area contributed by atoms with Gasteiger partial charge in [-0.1, -0.05) is 0 Å². The summed E-state index contributed by atoms with van der Waals surface area (Å²) in [4.78, 5) is 0. The summed E-state index contributed by atoms with van der Waals surface area (Å²) < 4.78 is 51.8. The quantitative estimate of drug-likeness (QED) is 0.550. The summed E-state index contributed by atoms with van der Waals surface area (Å²) in [6.07, 6.45) is 0.303. The third-order valence-electron chi connectivity index (χ3n) is 2.05. The molecule has 0 aromatic heterocycles. The predicted octanol–water partition coefficient (Wildman–Crippen LogP) is -2.03. The van der Waals surface area contributed by atoms with Crippen LogP contribution in [0.15, 0.2) is 4.40 Å². The molecule has 80 valence electrons. The Balaban J connectivity index is 2.21. The molecule has 0 radical (unpaired) electrons. The van der Waals surface area contributed by atoms with Gasteiger partial charge in [-0.25, -0.2) is 13.1 Å². The second kappa shape index (κ2) is 2.99. The van der Waals surface area contributed by atoms with Crippen LogP contribution < -0.4 is 9.44 Å². The highest BCUT2D eigenvalue weighted by atomic mass is 32.2. The first-order valence-electron chi connectivity index (χ1n) is 3.96. The molecule has 9 heteroatoms. The fourth-order valence-corrected chi connectivity index (χ4v) is 3.59. The standard InChI is InChI=1S/C5H9N3O4S2/c9-13(10)2-1-4(7-13)5-3-6-14(11,12)8-5/h5-6,8H,1-3H2. The average Bonchev–Trinajstić information content (AvgIpc) is 2.54. The molecule has 2 heterocycles. The topological polar surface area (TPSA) is 105 Å². The zero-order valence-corrected chi connectivity index (χ0v) is 8.73. The van der Waals surface area contributed by atoms with Crippen molar-refractivity contribution in [1.29, 1.82) is 0 Å². The lowest BCUT2D eigenvalue weighted by Gasteiger charge is -2.04. The minimum atomic E-state index is -3.45. The van der Waals surface area contributed by atoms with Crippen LogP contribution >= 0.6 is 0 Å². The molecule has 0 aromatic carbocycles. The SMILES string of the molecule is O=S1(=O)CCC(C2CNS(=O)(=O)N2)=N1. The molecule has 2 aliphatic heterocycles. The summed E-state index contributed by atoms with van der Waals surface area (Å²) in [5, 5.41) is 0. The third-order valence-corrected chi connectivity index (χ3v) is 4.42. The molecule has 7 nitrogen and oxygen atoms in total. The van der Waals surface area contributed by atoms with Crippen LogP contribution in [-0.4, -0.2) is 40.9 Å². The Morgan fingerprint density at radius 2 is 2.00 bits per heavy atom. The summed E-state index contributed by atoms with van der Waals surface area (Å²) in [6.45, 7) is 0.163. The lowest BCUT2D eigenvalue weighted by molar-refractivity contribution is 0.586. The van der Waals surface area contributed by atoms with Crippen LogP contribution in [0.3, 0.4) is 0 Å². The second-order valence-electron chi connectivity index (χ2n) is 3.14. The van der Waals surface area contributed by atoms with Crippen molar-refractivity contribution in [1.82, 2.24) is 9.44 Å². The van der Waals surface area contributed by atoms with E-state index in [4.69, 9.17) is 0 Å². The van der Waals surface area contributed by atoms with Crippen molar-refractivity contribution >= 4 is 25.9 Å². The number of hydrogen-bond acceptors (Lipinski definition) is 4. The Kier molecular flexibility index (Phi) is 2.14. The van der Waals surface area contributed by atoms with Gasteiger partial charge in [-0.2, -0.15) is 17.5 Å². The van der Waals surface area contributed by atoms with Crippen LogP contribution in [0.2, 0.25) is 0 Å². The molecule has 0 bridgehead atoms. The highest BCUT2D eigenvalue weighted by Gasteiger charge is 2.33. The Hall–Kier alpha value is -0.510. The molecule has 1 saturated heterocycles. The number of nitrogens with zero attached hydrogens (tertiary/aromatic N) is 1. The fraction of sp³-hybridized carbons (Fsp3) is 0.800. The first kappa shape index (κ1) is 10.0. The van der Waals surface area contributed by atoms with E-state index in [-0.39, 0.29) is 12.3 Å². The van der Waals surface area contributed by atoms with Gasteiger partial charge in [0, 0.05) is 13.0 Å². The summed E-state index contributed by atoms with van der Waals surface area (Å²) in [7, 11) is -6.79. The van der Waals surface area contributed by atoms with Gasteiger partial charge in [-0.3, -0.25) is 0 Å². The lowest BCUT2D eigenvalue weighted by Crippen LogP contribution is -2.34. The van der Waals surface area contributed by atoms with E-state index in [1.54, 1.807) is 0 Å². The highest BCUT2D eigenvalue weighted by Crippen LogP contribution is 2.13. The van der Waals surface area contributed by atoms with Gasteiger partial charge < -0.3 is 0 Å². The largest absolute Gasteiger partial charge is 0.277 e. The van der Waals surface area contributed by atoms with Crippen LogP contribution in [0, 0.1) is 0 Å². The Bertz CT molecular complexity index is 477. The summed E-state index contributed by atoms with van der Waals surface area (Å²) in [6, 6.07) is -0.516. The van der Waals surface area contributed by atoms with Crippen molar-refractivity contribution in [3.63, 3.8) is 0 Å². The van der Waals surface area contributed by atoms with Crippen molar-refractivity contribution in [2.45, 2.75) is 12.5 Å². The first-order chi connectivity index (χ1) is 6.38. The van der Waals surface area contributed by atoms with Crippen molar-refractivity contribution in [2.24, 2.45) is 4.40 Å². The molecule has 0 amide bonds. The van der Waals surface area contributed by atoms with Crippen LogP contribution in [0.4, 0.5) is 0 Å². The summed E-state index contributed by atoms with van der Waals surface area (Å²) >= 11 is 0. The maximum absolute atomic E-state index is 11.0. The van der Waals surface area contributed by atoms with Crippen LogP contribution in [0.5, 0.6) is 0 Å². The molecule has 0 aromatic rings. The van der Waals surface area contributed by atoms with Crippen molar-refractivity contribution in [3.8, 4) is 0 Å². The van der Waals surface area contributed by atoms with Crippen LogP contribution in [0.25, 0.3) is 0 Å². The maximum atomic E-state index is 11.0. The molecule has 0 spiro atoms. The molecule has 1 atom stereocenters. The molecule has 2 aliphatic rings. The fourth-order valence-electron chi connectivity index (χ4n) is 1.39. The van der Waals surface area contributed by atoms with Gasteiger partial charge in [-0.05, 0) is 0 Å². The van der Waals surface area contributed by atoms with Gasteiger partial charge in [0.1, 0.15) is 0 Å². The number of rotatable bonds is 1. The molecule has 0 aliphatic carbocycles. The third kappa shape index (κ3) is 1.95. The number of sulfonamides is 1. The second-order valence-corrected chi connectivity index (χ2v) is 6.43. The molecular weight excluding hydrogens is 230 g/mol. The highest BCUT2D eigenvalue weighted by molar-refractivity contribution is 7.90. The van der Waals surface area contributed by atoms with Crippen molar-refractivity contribution in [2.75, 3.05) is 12.3 Å². The van der Waals surface area contributed by atoms with Crippen molar-refractivity contribution in [3.05, 3.63) is 0 Å². The molecule has 1 unspecified atom stereocenters. The smallest absolute Gasteiger partial charge is 0.205 e. The number of nitrogens with one attached hydrogen (secondary N) is 2. The summed E-state index contributed by atoms with van der Waals surface area (Å²) in [5.74, 6) is -0.0272. The molecule has 2 N–H and O–H groups in total. The van der Waals surface area contributed by atoms with E-state index < -0.39 is 26.3 Å². The van der Waals surface area contributed by atoms with E-state index in [1.165, 1.54) is 0 Å². The Labute approximate surface area is 81.8 Å². The molecular formula is C5H9N3O4S2. The van der Waals surface area contributed by atoms with E-state index in [9.17, 15) is 16.8 Å². The van der Waals surface area contributed by atoms with Gasteiger partial charge in [0.05, 0.1) is 17.5 Å². The lowest BCUT2D eigenvalue weighted by atomic mass is 10.1. The zero-order valence-electron chi connectivity index (χ0n) is 7.10. The first-order valence-corrected chi connectivity index (χ1v) is 7.05. The molecule has 0 saturated carbocycles. The minimum Gasteiger partial charge on any atom is -0.205 e. The molecule has 14 heavy (non-hydrogen) atoms. The summed E-state index contributed by atoms with van der Waals surface area (Å²) in [5.41, 5.74) is 0.388. The van der Waals surface area contributed by atoms with Gasteiger partial charge in [0.15, 0.2) is 0 Å². The zero-order chi connectivity index (χ0) is 10.4. The van der Waals surface area contributed by atoms with Gasteiger partial charge >= 0.3 is 0 Å². The van der Waals surface area contributed by atoms with Gasteiger partial charge in [0.2, 0.25) is 0 Å². The van der Waals surface area contributed by atoms with E-state index in [1.807, 2.05) is 0 Å². The van der Waals surface area contributed by atoms with Crippen molar-refractivity contribution < 1.29 is 16.8 Å². The predicted molar refractivity (Wildman–Crippen MR) is 49.7 cm³/mol. The van der Waals surface area contributed by atoms with E-state index in [0.717, 1.165) is 0 Å². The normalized spacial score (nSPS) is 34.3. The average molecular weight is 239 g/mol. The van der Waals surface area contributed by atoms with Crippen LogP contribution in [-0.2, 0) is 20.2 Å². The van der Waals surface area contributed by atoms with E-state index >= 15 is 0 Å². The van der Waals surface area contributed by atoms with E-state index in [0.29, 0.717) is 12.1 Å². The Morgan fingerprint density at radius 3 is 2.43 bits per heavy atom. The van der Waals surface area contributed by atoms with E-state index in [2.05, 4.69) is 13.8 Å². The van der Waals surface area contributed by atoms with Gasteiger partial charge in [-0.15, -0.1) is 0 Å².